The van der Waals surface area contributed by atoms with Gasteiger partial charge >= 0.3 is 5.63 Å². The molecule has 1 aromatic heterocycles. The lowest BCUT2D eigenvalue weighted by Crippen LogP contribution is -2.45. The third kappa shape index (κ3) is 3.62. The molecule has 0 aliphatic carbocycles. The van der Waals surface area contributed by atoms with Gasteiger partial charge in [0, 0.05) is 6.54 Å². The number of nitrogens with zero attached hydrogens (tertiary/aromatic N) is 2. The molecule has 0 radical (unpaired) electrons. The quantitative estimate of drug-likeness (QED) is 0.698. The second-order valence-electron chi connectivity index (χ2n) is 6.81. The van der Waals surface area contributed by atoms with Crippen LogP contribution in [-0.4, -0.2) is 40.8 Å². The number of amides is 2. The smallest absolute Gasteiger partial charge is 0.347 e. The third-order valence-corrected chi connectivity index (χ3v) is 5.00. The summed E-state index contributed by atoms with van der Waals surface area (Å²) in [7, 11) is 0. The van der Waals surface area contributed by atoms with Gasteiger partial charge in [0.2, 0.25) is 17.7 Å². The Bertz CT molecular complexity index is 1140. The standard InChI is InChI=1S/C21H20N4O4/c22-12-18(26)25-11-5-10-17(25)19(27)23-15-8-3-1-6-13(15)20-24-16-9-4-2-7-14(16)21(28)29-20/h1-4,6-9,17H,5,10-12,22H2,(H,23,27)/t17-/m0/s1. The van der Waals surface area contributed by atoms with Crippen LogP contribution in [0.15, 0.2) is 57.7 Å². The van der Waals surface area contributed by atoms with Gasteiger partial charge in [-0.3, -0.25) is 9.59 Å². The normalized spacial score (nSPS) is 16.2. The van der Waals surface area contributed by atoms with E-state index in [0.29, 0.717) is 35.1 Å². The molecule has 1 saturated heterocycles. The first-order chi connectivity index (χ1) is 14.1. The second-order valence-corrected chi connectivity index (χ2v) is 6.81. The fourth-order valence-electron chi connectivity index (χ4n) is 3.58. The van der Waals surface area contributed by atoms with Gasteiger partial charge in [-0.05, 0) is 37.1 Å². The molecule has 3 N–H and O–H groups in total. The predicted octanol–water partition coefficient (Wildman–Crippen LogP) is 1.74. The van der Waals surface area contributed by atoms with Crippen LogP contribution in [0, 0.1) is 0 Å². The molecule has 1 atom stereocenters. The number of carbonyl (C=O) groups excluding carboxylic acids is 2. The van der Waals surface area contributed by atoms with Crippen LogP contribution in [0.5, 0.6) is 0 Å². The van der Waals surface area contributed by atoms with Crippen molar-refractivity contribution in [2.24, 2.45) is 5.73 Å². The predicted molar refractivity (Wildman–Crippen MR) is 108 cm³/mol. The molecule has 2 heterocycles. The van der Waals surface area contributed by atoms with Gasteiger partial charge in [0.15, 0.2) is 0 Å². The van der Waals surface area contributed by atoms with Gasteiger partial charge in [-0.2, -0.15) is 0 Å². The van der Waals surface area contributed by atoms with Crippen LogP contribution < -0.4 is 16.7 Å². The molecule has 1 aliphatic heterocycles. The lowest BCUT2D eigenvalue weighted by Gasteiger charge is -2.23. The van der Waals surface area contributed by atoms with Crippen LogP contribution >= 0.6 is 0 Å². The first kappa shape index (κ1) is 18.8. The first-order valence-electron chi connectivity index (χ1n) is 9.38. The molecule has 2 amide bonds. The van der Waals surface area contributed by atoms with Crippen molar-refractivity contribution >= 4 is 28.4 Å². The molecule has 0 bridgehead atoms. The van der Waals surface area contributed by atoms with E-state index in [1.165, 1.54) is 4.90 Å². The van der Waals surface area contributed by atoms with Crippen molar-refractivity contribution in [1.29, 1.82) is 0 Å². The maximum Gasteiger partial charge on any atom is 0.347 e. The highest BCUT2D eigenvalue weighted by molar-refractivity contribution is 6.00. The summed E-state index contributed by atoms with van der Waals surface area (Å²) in [6, 6.07) is 13.3. The Morgan fingerprint density at radius 3 is 2.76 bits per heavy atom. The Morgan fingerprint density at radius 1 is 1.17 bits per heavy atom. The second kappa shape index (κ2) is 7.84. The number of para-hydroxylation sites is 2. The van der Waals surface area contributed by atoms with Crippen LogP contribution in [0.3, 0.4) is 0 Å². The molecular weight excluding hydrogens is 372 g/mol. The summed E-state index contributed by atoms with van der Waals surface area (Å²) in [6.45, 7) is 0.378. The number of nitrogens with one attached hydrogen (secondary N) is 1. The van der Waals surface area contributed by atoms with Gasteiger partial charge in [0.25, 0.3) is 0 Å². The van der Waals surface area contributed by atoms with Crippen molar-refractivity contribution < 1.29 is 14.0 Å². The Balaban J connectivity index is 1.67. The average molecular weight is 392 g/mol. The van der Waals surface area contributed by atoms with Gasteiger partial charge in [-0.25, -0.2) is 9.78 Å². The van der Waals surface area contributed by atoms with Crippen LogP contribution in [0.1, 0.15) is 12.8 Å². The lowest BCUT2D eigenvalue weighted by atomic mass is 10.1. The zero-order valence-electron chi connectivity index (χ0n) is 15.6. The summed E-state index contributed by atoms with van der Waals surface area (Å²) in [5, 5.41) is 3.24. The van der Waals surface area contributed by atoms with E-state index in [2.05, 4.69) is 10.3 Å². The van der Waals surface area contributed by atoms with Crippen molar-refractivity contribution in [2.45, 2.75) is 18.9 Å². The molecule has 8 nitrogen and oxygen atoms in total. The monoisotopic (exact) mass is 392 g/mol. The molecule has 0 unspecified atom stereocenters. The summed E-state index contributed by atoms with van der Waals surface area (Å²) in [4.78, 5) is 43.1. The highest BCUT2D eigenvalue weighted by Crippen LogP contribution is 2.28. The zero-order chi connectivity index (χ0) is 20.4. The van der Waals surface area contributed by atoms with E-state index in [0.717, 1.165) is 6.42 Å². The van der Waals surface area contributed by atoms with Crippen molar-refractivity contribution in [1.82, 2.24) is 9.88 Å². The SMILES string of the molecule is NCC(=O)N1CCC[C@H]1C(=O)Nc1ccccc1-c1nc2ccccc2c(=O)o1. The van der Waals surface area contributed by atoms with E-state index in [9.17, 15) is 14.4 Å². The van der Waals surface area contributed by atoms with Gasteiger partial charge in [-0.1, -0.05) is 24.3 Å². The van der Waals surface area contributed by atoms with Crippen LogP contribution in [-0.2, 0) is 9.59 Å². The summed E-state index contributed by atoms with van der Waals surface area (Å²) in [5.74, 6) is -0.441. The van der Waals surface area contributed by atoms with Crippen LogP contribution in [0.2, 0.25) is 0 Å². The van der Waals surface area contributed by atoms with Gasteiger partial charge in [0.05, 0.1) is 28.7 Å². The number of carbonyl (C=O) groups is 2. The molecule has 3 aromatic rings. The van der Waals surface area contributed by atoms with Gasteiger partial charge < -0.3 is 20.4 Å². The topological polar surface area (TPSA) is 119 Å². The van der Waals surface area contributed by atoms with Crippen molar-refractivity contribution in [2.75, 3.05) is 18.4 Å². The number of aromatic nitrogens is 1. The number of likely N-dealkylation sites (tertiary alicyclic amines) is 1. The van der Waals surface area contributed by atoms with Gasteiger partial charge in [0.1, 0.15) is 6.04 Å². The van der Waals surface area contributed by atoms with Crippen LogP contribution in [0.25, 0.3) is 22.4 Å². The number of hydrogen-bond donors (Lipinski definition) is 2. The minimum absolute atomic E-state index is 0.117. The number of benzene rings is 2. The zero-order valence-corrected chi connectivity index (χ0v) is 15.6. The summed E-state index contributed by atoms with van der Waals surface area (Å²) in [6.07, 6.45) is 1.32. The molecule has 0 saturated carbocycles. The highest BCUT2D eigenvalue weighted by atomic mass is 16.4. The van der Waals surface area contributed by atoms with E-state index in [1.807, 2.05) is 0 Å². The number of hydrogen-bond acceptors (Lipinski definition) is 6. The van der Waals surface area contributed by atoms with Gasteiger partial charge in [-0.15, -0.1) is 0 Å². The molecule has 148 valence electrons. The summed E-state index contributed by atoms with van der Waals surface area (Å²) in [5.41, 5.74) is 6.40. The number of nitrogens with two attached hydrogens (primary N) is 1. The van der Waals surface area contributed by atoms with Crippen molar-refractivity contribution in [3.8, 4) is 11.5 Å². The largest absolute Gasteiger partial charge is 0.403 e. The van der Waals surface area contributed by atoms with Crippen molar-refractivity contribution in [3.63, 3.8) is 0 Å². The highest BCUT2D eigenvalue weighted by Gasteiger charge is 2.33. The maximum atomic E-state index is 12.8. The van der Waals surface area contributed by atoms with E-state index < -0.39 is 11.7 Å². The van der Waals surface area contributed by atoms with E-state index >= 15 is 0 Å². The first-order valence-corrected chi connectivity index (χ1v) is 9.38. The maximum absolute atomic E-state index is 12.8. The van der Waals surface area contributed by atoms with E-state index in [1.54, 1.807) is 48.5 Å². The summed E-state index contributed by atoms with van der Waals surface area (Å²) < 4.78 is 5.40. The fraction of sp³-hybridized carbons (Fsp3) is 0.238. The van der Waals surface area contributed by atoms with E-state index in [4.69, 9.17) is 10.2 Å². The molecule has 1 fully saturated rings. The third-order valence-electron chi connectivity index (χ3n) is 5.00. The molecule has 1 aliphatic rings. The fourth-order valence-corrected chi connectivity index (χ4v) is 3.58. The number of rotatable bonds is 4. The Morgan fingerprint density at radius 2 is 1.93 bits per heavy atom. The Labute approximate surface area is 166 Å². The van der Waals surface area contributed by atoms with Crippen molar-refractivity contribution in [3.05, 3.63) is 59.0 Å². The number of fused-ring (bicyclic) bond motifs is 1. The molecule has 2 aromatic carbocycles. The Kier molecular flexibility index (Phi) is 5.09. The minimum atomic E-state index is -0.573. The molecule has 4 rings (SSSR count). The summed E-state index contributed by atoms with van der Waals surface area (Å²) >= 11 is 0. The lowest BCUT2D eigenvalue weighted by molar-refractivity contribution is -0.135. The Hall–Kier alpha value is -3.52. The minimum Gasteiger partial charge on any atom is -0.403 e. The molecule has 0 spiro atoms. The average Bonchev–Trinajstić information content (AvgIpc) is 3.24. The van der Waals surface area contributed by atoms with E-state index in [-0.39, 0.29) is 24.2 Å². The molecular formula is C21H20N4O4. The molecule has 8 heteroatoms. The number of anilines is 1. The van der Waals surface area contributed by atoms with Crippen LogP contribution in [0.4, 0.5) is 5.69 Å². The molecule has 29 heavy (non-hydrogen) atoms.